The molecule has 0 radical (unpaired) electrons. The predicted octanol–water partition coefficient (Wildman–Crippen LogP) is 5.08. The Labute approximate surface area is 202 Å². The van der Waals surface area contributed by atoms with E-state index in [1.54, 1.807) is 19.1 Å². The highest BCUT2D eigenvalue weighted by molar-refractivity contribution is 5.75. The lowest BCUT2D eigenvalue weighted by molar-refractivity contribution is -0.119. The molecule has 3 aromatic rings. The van der Waals surface area contributed by atoms with Crippen molar-refractivity contribution in [1.29, 1.82) is 0 Å². The van der Waals surface area contributed by atoms with Crippen LogP contribution in [0.5, 0.6) is 5.75 Å². The summed E-state index contributed by atoms with van der Waals surface area (Å²) in [6.45, 7) is 2.26. The van der Waals surface area contributed by atoms with Gasteiger partial charge in [-0.15, -0.1) is 0 Å². The van der Waals surface area contributed by atoms with E-state index in [0.29, 0.717) is 29.2 Å². The summed E-state index contributed by atoms with van der Waals surface area (Å²) < 4.78 is 21.9. The van der Waals surface area contributed by atoms with Crippen LogP contribution in [0.25, 0.3) is 33.9 Å². The van der Waals surface area contributed by atoms with Crippen LogP contribution < -0.4 is 10.5 Å². The van der Waals surface area contributed by atoms with Crippen LogP contribution in [0.15, 0.2) is 85.2 Å². The molecule has 2 aliphatic rings. The van der Waals surface area contributed by atoms with Gasteiger partial charge in [0, 0.05) is 18.9 Å². The third-order valence-electron chi connectivity index (χ3n) is 5.75. The van der Waals surface area contributed by atoms with Gasteiger partial charge in [0.05, 0.1) is 11.3 Å². The Morgan fingerprint density at radius 2 is 1.63 bits per heavy atom. The molecule has 0 aliphatic carbocycles. The highest BCUT2D eigenvalue weighted by atomic mass is 19.1. The number of primary amides is 1. The first kappa shape index (κ1) is 22.3. The molecule has 7 heteroatoms. The molecule has 0 unspecified atom stereocenters. The number of nitrogens with zero attached hydrogens (tertiary/aromatic N) is 3. The smallest absolute Gasteiger partial charge is 0.255 e. The van der Waals surface area contributed by atoms with Crippen molar-refractivity contribution in [2.45, 2.75) is 13.5 Å². The fourth-order valence-corrected chi connectivity index (χ4v) is 3.90. The van der Waals surface area contributed by atoms with E-state index in [1.807, 2.05) is 53.4 Å². The number of nitrogens with two attached hydrogens (primary N) is 1. The van der Waals surface area contributed by atoms with E-state index < -0.39 is 5.91 Å². The average molecular weight is 467 g/mol. The van der Waals surface area contributed by atoms with Crippen molar-refractivity contribution in [3.05, 3.63) is 102 Å². The van der Waals surface area contributed by atoms with E-state index in [2.05, 4.69) is 34.2 Å². The number of ether oxygens (including phenoxy) is 1. The highest BCUT2D eigenvalue weighted by Crippen LogP contribution is 2.28. The molecule has 0 atom stereocenters. The summed E-state index contributed by atoms with van der Waals surface area (Å²) in [5, 5.41) is 0. The average Bonchev–Trinajstić information content (AvgIpc) is 3.28. The summed E-state index contributed by atoms with van der Waals surface area (Å²) in [6, 6.07) is 22.9. The number of rotatable bonds is 7. The third kappa shape index (κ3) is 4.89. The minimum atomic E-state index is -0.507. The lowest BCUT2D eigenvalue weighted by Crippen LogP contribution is -2.19. The molecular weight excluding hydrogens is 443 g/mol. The van der Waals surface area contributed by atoms with Gasteiger partial charge in [0.2, 0.25) is 0 Å². The second-order valence-corrected chi connectivity index (χ2v) is 8.35. The molecule has 1 amide bonds. The quantitative estimate of drug-likeness (QED) is 0.363. The van der Waals surface area contributed by atoms with Gasteiger partial charge in [0.1, 0.15) is 17.3 Å². The van der Waals surface area contributed by atoms with Crippen LogP contribution in [0.2, 0.25) is 0 Å². The van der Waals surface area contributed by atoms with Gasteiger partial charge in [0.15, 0.2) is 12.4 Å². The largest absolute Gasteiger partial charge is 0.484 e. The van der Waals surface area contributed by atoms with Gasteiger partial charge in [-0.2, -0.15) is 0 Å². The number of carbonyl (C=O) groups is 1. The maximum absolute atomic E-state index is 14.5. The first-order valence-electron chi connectivity index (χ1n) is 11.2. The molecule has 5 rings (SSSR count). The van der Waals surface area contributed by atoms with Crippen LogP contribution in [0.3, 0.4) is 0 Å². The Bertz CT molecular complexity index is 1460. The summed E-state index contributed by atoms with van der Waals surface area (Å²) in [7, 11) is 0. The maximum atomic E-state index is 14.5. The summed E-state index contributed by atoms with van der Waals surface area (Å²) >= 11 is 0. The number of benzene rings is 3. The number of fused-ring (bicyclic) bond motifs is 1. The van der Waals surface area contributed by atoms with Crippen molar-refractivity contribution in [2.24, 2.45) is 5.73 Å². The molecule has 174 valence electrons. The molecule has 0 spiro atoms. The van der Waals surface area contributed by atoms with Crippen LogP contribution in [0.1, 0.15) is 11.1 Å². The normalized spacial score (nSPS) is 11.0. The lowest BCUT2D eigenvalue weighted by atomic mass is 10.0. The van der Waals surface area contributed by atoms with E-state index >= 15 is 0 Å². The van der Waals surface area contributed by atoms with E-state index in [0.717, 1.165) is 28.1 Å². The summed E-state index contributed by atoms with van der Waals surface area (Å²) in [5.41, 5.74) is 10.8. The zero-order valence-electron chi connectivity index (χ0n) is 19.1. The van der Waals surface area contributed by atoms with Gasteiger partial charge < -0.3 is 15.0 Å². The number of aromatic nitrogens is 3. The Hall–Kier alpha value is -4.52. The van der Waals surface area contributed by atoms with Gasteiger partial charge in [-0.05, 0) is 53.4 Å². The molecule has 0 aromatic heterocycles. The SMILES string of the molecule is Cc1cccc(-c2nc3ccn(Cc4ccc(-c5ccc(OCC(N)=O)cc5)cc4)cc-3n2)c1F. The number of carbonyl (C=O) groups excluding carboxylic acids is 1. The van der Waals surface area contributed by atoms with Gasteiger partial charge in [-0.3, -0.25) is 4.79 Å². The Balaban J connectivity index is 1.31. The first-order chi connectivity index (χ1) is 17.0. The predicted molar refractivity (Wildman–Crippen MR) is 132 cm³/mol. The number of amides is 1. The molecule has 0 fully saturated rings. The Morgan fingerprint density at radius 1 is 0.943 bits per heavy atom. The van der Waals surface area contributed by atoms with Crippen molar-refractivity contribution >= 4 is 5.91 Å². The van der Waals surface area contributed by atoms with Crippen molar-refractivity contribution < 1.29 is 13.9 Å². The fourth-order valence-electron chi connectivity index (χ4n) is 3.90. The summed E-state index contributed by atoms with van der Waals surface area (Å²) in [4.78, 5) is 19.9. The topological polar surface area (TPSA) is 83.0 Å². The summed E-state index contributed by atoms with van der Waals surface area (Å²) in [6.07, 6.45) is 3.88. The van der Waals surface area contributed by atoms with Crippen LogP contribution in [0.4, 0.5) is 4.39 Å². The summed E-state index contributed by atoms with van der Waals surface area (Å²) in [5.74, 6) is 0.200. The number of hydrogen-bond donors (Lipinski definition) is 1. The molecule has 3 aromatic carbocycles. The van der Waals surface area contributed by atoms with Gasteiger partial charge in [-0.1, -0.05) is 48.5 Å². The number of aryl methyl sites for hydroxylation is 1. The minimum absolute atomic E-state index is 0.141. The zero-order chi connectivity index (χ0) is 24.4. The molecule has 2 heterocycles. The first-order valence-corrected chi connectivity index (χ1v) is 11.2. The fraction of sp³-hybridized carbons (Fsp3) is 0.107. The second kappa shape index (κ2) is 9.38. The molecule has 0 bridgehead atoms. The molecular formula is C28H23FN4O2. The third-order valence-corrected chi connectivity index (χ3v) is 5.75. The van der Waals surface area contributed by atoms with Crippen molar-refractivity contribution in [3.8, 4) is 39.7 Å². The van der Waals surface area contributed by atoms with E-state index in [9.17, 15) is 9.18 Å². The Kier molecular flexibility index (Phi) is 5.97. The molecule has 6 nitrogen and oxygen atoms in total. The van der Waals surface area contributed by atoms with Gasteiger partial charge in [-0.25, -0.2) is 14.4 Å². The number of pyridine rings is 1. The monoisotopic (exact) mass is 466 g/mol. The van der Waals surface area contributed by atoms with Crippen molar-refractivity contribution in [1.82, 2.24) is 14.5 Å². The van der Waals surface area contributed by atoms with Crippen molar-refractivity contribution in [2.75, 3.05) is 6.61 Å². The zero-order valence-corrected chi connectivity index (χ0v) is 19.1. The van der Waals surface area contributed by atoms with E-state index in [1.165, 1.54) is 0 Å². The van der Waals surface area contributed by atoms with E-state index in [4.69, 9.17) is 10.5 Å². The standard InChI is InChI=1S/C28H23FN4O2/c1-18-3-2-4-23(27(18)29)28-31-24-13-14-33(16-25(24)32-28)15-19-5-7-20(8-6-19)21-9-11-22(12-10-21)35-17-26(30)34/h2-14,16H,15,17H2,1H3,(H2,30,34). The number of imidazole rings is 1. The van der Waals surface area contributed by atoms with Gasteiger partial charge in [0.25, 0.3) is 5.91 Å². The minimum Gasteiger partial charge on any atom is -0.484 e. The van der Waals surface area contributed by atoms with Crippen molar-refractivity contribution in [3.63, 3.8) is 0 Å². The van der Waals surface area contributed by atoms with E-state index in [-0.39, 0.29) is 12.4 Å². The second-order valence-electron chi connectivity index (χ2n) is 8.35. The molecule has 35 heavy (non-hydrogen) atoms. The van der Waals surface area contributed by atoms with Gasteiger partial charge >= 0.3 is 0 Å². The molecule has 2 N–H and O–H groups in total. The van der Waals surface area contributed by atoms with Crippen LogP contribution >= 0.6 is 0 Å². The molecule has 0 saturated carbocycles. The lowest BCUT2D eigenvalue weighted by Gasteiger charge is -2.10. The highest BCUT2D eigenvalue weighted by Gasteiger charge is 2.16. The van der Waals surface area contributed by atoms with Crippen LogP contribution in [-0.4, -0.2) is 27.0 Å². The molecule has 0 saturated heterocycles. The maximum Gasteiger partial charge on any atom is 0.255 e. The number of hydrogen-bond acceptors (Lipinski definition) is 4. The van der Waals surface area contributed by atoms with Crippen LogP contribution in [0, 0.1) is 12.7 Å². The molecule has 2 aliphatic heterocycles. The Morgan fingerprint density at radius 3 is 2.34 bits per heavy atom. The number of halogens is 1. The van der Waals surface area contributed by atoms with Crippen LogP contribution in [-0.2, 0) is 11.3 Å².